The Morgan fingerprint density at radius 2 is 1.40 bits per heavy atom. The third-order valence-electron chi connectivity index (χ3n) is 2.97. The van der Waals surface area contributed by atoms with Crippen molar-refractivity contribution < 1.29 is 30.7 Å². The van der Waals surface area contributed by atoms with Gasteiger partial charge in [0.15, 0.2) is 23.3 Å². The number of hydrogen-bond acceptors (Lipinski definition) is 2. The summed E-state index contributed by atoms with van der Waals surface area (Å²) in [5, 5.41) is 3.30. The maximum Gasteiger partial charge on any atom is 0.422 e. The molecule has 2 rings (SSSR count). The zero-order valence-electron chi connectivity index (χ0n) is 12.2. The highest BCUT2D eigenvalue weighted by atomic mass is 19.4. The molecule has 0 bridgehead atoms. The van der Waals surface area contributed by atoms with E-state index in [0.717, 1.165) is 11.8 Å². The van der Waals surface area contributed by atoms with Crippen LogP contribution in [0.25, 0.3) is 6.08 Å². The van der Waals surface area contributed by atoms with Crippen LogP contribution in [-0.2, 0) is 6.18 Å². The average Bonchev–Trinajstić information content (AvgIpc) is 2.55. The Kier molecular flexibility index (Phi) is 5.45. The number of nitrogens with one attached hydrogen (secondary N) is 1. The quantitative estimate of drug-likeness (QED) is 0.336. The number of allylic oxidation sites excluding steroid dienone is 1. The van der Waals surface area contributed by atoms with Crippen molar-refractivity contribution in [2.45, 2.75) is 6.18 Å². The molecule has 0 aliphatic heterocycles. The van der Waals surface area contributed by atoms with Crippen LogP contribution in [0.15, 0.2) is 41.5 Å². The highest BCUT2D eigenvalue weighted by Gasteiger charge is 2.42. The van der Waals surface area contributed by atoms with Crippen molar-refractivity contribution in [1.29, 1.82) is 0 Å². The van der Waals surface area contributed by atoms with Crippen LogP contribution in [0, 0.1) is 23.3 Å². The van der Waals surface area contributed by atoms with Crippen LogP contribution in [0.5, 0.6) is 0 Å². The zero-order chi connectivity index (χ0) is 18.6. The molecule has 0 fully saturated rings. The summed E-state index contributed by atoms with van der Waals surface area (Å²) in [6.45, 7) is 0. The molecule has 0 aliphatic carbocycles. The highest BCUT2D eigenvalue weighted by molar-refractivity contribution is 5.78. The Bertz CT molecular complexity index is 782. The number of halogens is 7. The summed E-state index contributed by atoms with van der Waals surface area (Å²) in [5.74, 6) is -9.56. The molecule has 25 heavy (non-hydrogen) atoms. The number of anilines is 1. The SMILES string of the molecule is Fc1c(F)c(C(F)(F)F)c(F)c(F)c1NN=CC=Cc1ccccc1. The van der Waals surface area contributed by atoms with Crippen molar-refractivity contribution in [3.05, 3.63) is 70.8 Å². The molecule has 0 saturated carbocycles. The van der Waals surface area contributed by atoms with Crippen LogP contribution in [0.1, 0.15) is 11.1 Å². The second-order valence-electron chi connectivity index (χ2n) is 4.66. The minimum Gasteiger partial charge on any atom is -0.272 e. The van der Waals surface area contributed by atoms with Crippen molar-refractivity contribution >= 4 is 18.0 Å². The largest absolute Gasteiger partial charge is 0.422 e. The first-order valence-corrected chi connectivity index (χ1v) is 6.67. The van der Waals surface area contributed by atoms with E-state index in [0.29, 0.717) is 0 Å². The van der Waals surface area contributed by atoms with Crippen molar-refractivity contribution in [3.63, 3.8) is 0 Å². The lowest BCUT2D eigenvalue weighted by atomic mass is 10.1. The molecule has 2 aromatic carbocycles. The zero-order valence-corrected chi connectivity index (χ0v) is 12.2. The van der Waals surface area contributed by atoms with Gasteiger partial charge >= 0.3 is 6.18 Å². The van der Waals surface area contributed by atoms with Gasteiger partial charge in [0, 0.05) is 6.21 Å². The second kappa shape index (κ2) is 7.37. The van der Waals surface area contributed by atoms with Crippen molar-refractivity contribution in [3.8, 4) is 0 Å². The van der Waals surface area contributed by atoms with Crippen molar-refractivity contribution in [2.75, 3.05) is 5.43 Å². The average molecular weight is 362 g/mol. The molecule has 2 nitrogen and oxygen atoms in total. The van der Waals surface area contributed by atoms with E-state index >= 15 is 0 Å². The molecule has 0 saturated heterocycles. The summed E-state index contributed by atoms with van der Waals surface area (Å²) in [7, 11) is 0. The van der Waals surface area contributed by atoms with Crippen LogP contribution < -0.4 is 5.43 Å². The lowest BCUT2D eigenvalue weighted by Gasteiger charge is -2.13. The Morgan fingerprint density at radius 1 is 0.840 bits per heavy atom. The van der Waals surface area contributed by atoms with Gasteiger partial charge in [0.25, 0.3) is 0 Å². The van der Waals surface area contributed by atoms with E-state index in [9.17, 15) is 30.7 Å². The third-order valence-corrected chi connectivity index (χ3v) is 2.97. The number of alkyl halides is 3. The minimum atomic E-state index is -5.59. The van der Waals surface area contributed by atoms with Gasteiger partial charge < -0.3 is 0 Å². The monoisotopic (exact) mass is 362 g/mol. The van der Waals surface area contributed by atoms with Gasteiger partial charge in [0.05, 0.1) is 0 Å². The number of hydrogen-bond donors (Lipinski definition) is 1. The minimum absolute atomic E-state index is 0.776. The van der Waals surface area contributed by atoms with Gasteiger partial charge in [-0.2, -0.15) is 18.3 Å². The first-order valence-electron chi connectivity index (χ1n) is 6.67. The molecular formula is C16H9F7N2. The molecule has 0 aliphatic rings. The molecule has 9 heteroatoms. The molecule has 0 unspecified atom stereocenters. The molecule has 0 aromatic heterocycles. The second-order valence-corrected chi connectivity index (χ2v) is 4.66. The van der Waals surface area contributed by atoms with Crippen molar-refractivity contribution in [1.82, 2.24) is 0 Å². The first kappa shape index (κ1) is 18.5. The summed E-state index contributed by atoms with van der Waals surface area (Å²) in [4.78, 5) is 0. The number of nitrogens with zero attached hydrogens (tertiary/aromatic N) is 1. The summed E-state index contributed by atoms with van der Waals surface area (Å²) >= 11 is 0. The lowest BCUT2D eigenvalue weighted by molar-refractivity contribution is -0.143. The van der Waals surface area contributed by atoms with E-state index in [1.165, 1.54) is 6.08 Å². The fraction of sp³-hybridized carbons (Fsp3) is 0.0625. The van der Waals surface area contributed by atoms with E-state index in [2.05, 4.69) is 5.10 Å². The molecule has 1 N–H and O–H groups in total. The predicted molar refractivity (Wildman–Crippen MR) is 78.9 cm³/mol. The standard InChI is InChI=1S/C16H9F7N2/c17-11-10(16(21,22)23)12(18)14(20)15(13(11)19)25-24-8-4-7-9-5-2-1-3-6-9/h1-8,25H. The van der Waals surface area contributed by atoms with E-state index in [1.54, 1.807) is 41.8 Å². The summed E-state index contributed by atoms with van der Waals surface area (Å²) in [6.07, 6.45) is -1.68. The van der Waals surface area contributed by atoms with Crippen LogP contribution in [0.4, 0.5) is 36.4 Å². The third kappa shape index (κ3) is 4.17. The van der Waals surface area contributed by atoms with Gasteiger partial charge in [-0.3, -0.25) is 5.43 Å². The van der Waals surface area contributed by atoms with Crippen LogP contribution in [0.3, 0.4) is 0 Å². The maximum absolute atomic E-state index is 13.6. The van der Waals surface area contributed by atoms with E-state index in [-0.39, 0.29) is 0 Å². The normalized spacial score (nSPS) is 12.3. The van der Waals surface area contributed by atoms with Crippen LogP contribution >= 0.6 is 0 Å². The van der Waals surface area contributed by atoms with Gasteiger partial charge in [-0.05, 0) is 11.6 Å². The molecule has 0 atom stereocenters. The summed E-state index contributed by atoms with van der Waals surface area (Å²) < 4.78 is 91.2. The number of hydrazone groups is 1. The molecule has 0 heterocycles. The lowest BCUT2D eigenvalue weighted by Crippen LogP contribution is -2.16. The molecule has 0 amide bonds. The van der Waals surface area contributed by atoms with Gasteiger partial charge in [-0.1, -0.05) is 36.4 Å². The highest BCUT2D eigenvalue weighted by Crippen LogP contribution is 2.38. The van der Waals surface area contributed by atoms with Crippen LogP contribution in [0.2, 0.25) is 0 Å². The maximum atomic E-state index is 13.6. The van der Waals surface area contributed by atoms with Gasteiger partial charge in [0.1, 0.15) is 11.3 Å². The molecule has 0 radical (unpaired) electrons. The van der Waals surface area contributed by atoms with Crippen LogP contribution in [-0.4, -0.2) is 6.21 Å². The Labute approximate surface area is 137 Å². The fourth-order valence-electron chi connectivity index (χ4n) is 1.84. The molecule has 2 aromatic rings. The van der Waals surface area contributed by atoms with Gasteiger partial charge in [-0.25, -0.2) is 17.6 Å². The Balaban J connectivity index is 2.23. The van der Waals surface area contributed by atoms with E-state index in [1.807, 2.05) is 0 Å². The predicted octanol–water partition coefficient (Wildman–Crippen LogP) is 5.37. The Morgan fingerprint density at radius 3 is 1.92 bits per heavy atom. The smallest absolute Gasteiger partial charge is 0.272 e. The first-order chi connectivity index (χ1) is 11.7. The molecule has 132 valence electrons. The van der Waals surface area contributed by atoms with Gasteiger partial charge in [0.2, 0.25) is 0 Å². The summed E-state index contributed by atoms with van der Waals surface area (Å²) in [5.41, 5.74) is -1.68. The number of benzene rings is 2. The van der Waals surface area contributed by atoms with E-state index < -0.39 is 40.7 Å². The van der Waals surface area contributed by atoms with E-state index in [4.69, 9.17) is 0 Å². The Hall–Kier alpha value is -2.84. The van der Waals surface area contributed by atoms with Crippen molar-refractivity contribution in [2.24, 2.45) is 5.10 Å². The topological polar surface area (TPSA) is 24.4 Å². The summed E-state index contributed by atoms with van der Waals surface area (Å²) in [6, 6.07) is 8.79. The molecule has 0 spiro atoms. The van der Waals surface area contributed by atoms with Gasteiger partial charge in [-0.15, -0.1) is 0 Å². The fourth-order valence-corrected chi connectivity index (χ4v) is 1.84. The molecular weight excluding hydrogens is 353 g/mol. The number of rotatable bonds is 4.